The van der Waals surface area contributed by atoms with E-state index in [-0.39, 0.29) is 0 Å². The molecule has 112 valence electrons. The van der Waals surface area contributed by atoms with Crippen LogP contribution in [-0.2, 0) is 10.0 Å². The van der Waals surface area contributed by atoms with Gasteiger partial charge in [-0.1, -0.05) is 12.8 Å². The number of nitrogens with one attached hydrogen (secondary N) is 1. The summed E-state index contributed by atoms with van der Waals surface area (Å²) in [7, 11) is -4.52. The molecule has 2 rings (SSSR count). The zero-order valence-corrected chi connectivity index (χ0v) is 11.3. The van der Waals surface area contributed by atoms with Crippen molar-refractivity contribution in [3.05, 3.63) is 29.6 Å². The molecular weight excluding hydrogens is 295 g/mol. The summed E-state index contributed by atoms with van der Waals surface area (Å²) in [6.07, 6.45) is 2.18. The molecule has 20 heavy (non-hydrogen) atoms. The number of halogens is 3. The molecule has 0 bridgehead atoms. The molecule has 0 saturated heterocycles. The molecule has 0 heterocycles. The smallest absolute Gasteiger partial charge is 0.247 e. The van der Waals surface area contributed by atoms with E-state index >= 15 is 0 Å². The zero-order valence-electron chi connectivity index (χ0n) is 10.5. The minimum absolute atomic E-state index is 0.303. The first-order chi connectivity index (χ1) is 9.30. The van der Waals surface area contributed by atoms with Crippen molar-refractivity contribution in [1.82, 2.24) is 4.72 Å². The number of aliphatic hydroxyl groups is 1. The highest BCUT2D eigenvalue weighted by Gasteiger charge is 2.39. The van der Waals surface area contributed by atoms with Gasteiger partial charge in [0.15, 0.2) is 4.90 Å². The van der Waals surface area contributed by atoms with Crippen LogP contribution in [0.15, 0.2) is 17.0 Å². The van der Waals surface area contributed by atoms with Crippen molar-refractivity contribution in [2.75, 3.05) is 6.61 Å². The number of rotatable bonds is 4. The SMILES string of the molecule is O=S(=O)(NC1(CO)CCCC1)c1c(F)cc(F)cc1F. The standard InChI is InChI=1S/C12H14F3NO3S/c13-8-5-9(14)11(10(15)6-8)20(18,19)16-12(7-17)3-1-2-4-12/h5-6,16-17H,1-4,7H2. The van der Waals surface area contributed by atoms with Gasteiger partial charge < -0.3 is 5.11 Å². The fourth-order valence-electron chi connectivity index (χ4n) is 2.47. The Morgan fingerprint density at radius 2 is 1.65 bits per heavy atom. The van der Waals surface area contributed by atoms with Crippen LogP contribution >= 0.6 is 0 Å². The lowest BCUT2D eigenvalue weighted by Crippen LogP contribution is -2.49. The monoisotopic (exact) mass is 309 g/mol. The predicted octanol–water partition coefficient (Wildman–Crippen LogP) is 1.69. The van der Waals surface area contributed by atoms with E-state index in [2.05, 4.69) is 4.72 Å². The Bertz CT molecular complexity index is 589. The third-order valence-corrected chi connectivity index (χ3v) is 5.08. The van der Waals surface area contributed by atoms with Gasteiger partial charge in [0.25, 0.3) is 0 Å². The summed E-state index contributed by atoms with van der Waals surface area (Å²) in [5.41, 5.74) is -1.11. The maximum atomic E-state index is 13.5. The maximum absolute atomic E-state index is 13.5. The van der Waals surface area contributed by atoms with Crippen LogP contribution in [-0.4, -0.2) is 25.7 Å². The Hall–Kier alpha value is -1.12. The van der Waals surface area contributed by atoms with Crippen molar-refractivity contribution in [2.45, 2.75) is 36.1 Å². The van der Waals surface area contributed by atoms with Crippen LogP contribution in [0.4, 0.5) is 13.2 Å². The van der Waals surface area contributed by atoms with Crippen molar-refractivity contribution in [1.29, 1.82) is 0 Å². The van der Waals surface area contributed by atoms with Gasteiger partial charge in [0.1, 0.15) is 17.5 Å². The van der Waals surface area contributed by atoms with E-state index in [0.717, 1.165) is 0 Å². The molecule has 4 nitrogen and oxygen atoms in total. The number of benzene rings is 1. The Balaban J connectivity index is 2.41. The van der Waals surface area contributed by atoms with Crippen molar-refractivity contribution in [3.8, 4) is 0 Å². The van der Waals surface area contributed by atoms with E-state index in [0.29, 0.717) is 37.8 Å². The van der Waals surface area contributed by atoms with E-state index in [1.165, 1.54) is 0 Å². The quantitative estimate of drug-likeness (QED) is 0.889. The van der Waals surface area contributed by atoms with Crippen LogP contribution in [0.25, 0.3) is 0 Å². The van der Waals surface area contributed by atoms with Crippen LogP contribution in [0, 0.1) is 17.5 Å². The van der Waals surface area contributed by atoms with E-state index in [9.17, 15) is 26.7 Å². The van der Waals surface area contributed by atoms with Gasteiger partial charge >= 0.3 is 0 Å². The van der Waals surface area contributed by atoms with Crippen LogP contribution in [0.1, 0.15) is 25.7 Å². The molecule has 1 aromatic carbocycles. The molecule has 0 aliphatic heterocycles. The van der Waals surface area contributed by atoms with E-state index in [1.807, 2.05) is 0 Å². The topological polar surface area (TPSA) is 66.4 Å². The van der Waals surface area contributed by atoms with Gasteiger partial charge in [0.05, 0.1) is 12.1 Å². The Morgan fingerprint density at radius 1 is 1.15 bits per heavy atom. The van der Waals surface area contributed by atoms with E-state index in [1.54, 1.807) is 0 Å². The Kier molecular flexibility index (Phi) is 4.08. The highest BCUT2D eigenvalue weighted by atomic mass is 32.2. The predicted molar refractivity (Wildman–Crippen MR) is 64.9 cm³/mol. The molecule has 2 N–H and O–H groups in total. The summed E-state index contributed by atoms with van der Waals surface area (Å²) in [4.78, 5) is -1.22. The minimum atomic E-state index is -4.52. The van der Waals surface area contributed by atoms with E-state index < -0.39 is 44.5 Å². The van der Waals surface area contributed by atoms with Gasteiger partial charge in [-0.05, 0) is 12.8 Å². The molecule has 0 aromatic heterocycles. The molecule has 8 heteroatoms. The molecule has 1 aliphatic carbocycles. The highest BCUT2D eigenvalue weighted by molar-refractivity contribution is 7.89. The first-order valence-electron chi connectivity index (χ1n) is 6.09. The summed E-state index contributed by atoms with van der Waals surface area (Å²) >= 11 is 0. The van der Waals surface area contributed by atoms with Gasteiger partial charge in [-0.2, -0.15) is 0 Å². The Labute approximate surface area is 114 Å². The summed E-state index contributed by atoms with van der Waals surface area (Å²) in [5.74, 6) is -4.20. The Morgan fingerprint density at radius 3 is 2.10 bits per heavy atom. The molecular formula is C12H14F3NO3S. The fraction of sp³-hybridized carbons (Fsp3) is 0.500. The lowest BCUT2D eigenvalue weighted by molar-refractivity contribution is 0.185. The normalized spacial score (nSPS) is 18.4. The molecule has 1 fully saturated rings. The van der Waals surface area contributed by atoms with Crippen LogP contribution in [0.5, 0.6) is 0 Å². The third-order valence-electron chi connectivity index (χ3n) is 3.45. The zero-order chi connectivity index (χ0) is 15.0. The second kappa shape index (κ2) is 5.34. The van der Waals surface area contributed by atoms with Gasteiger partial charge in [0, 0.05) is 12.1 Å². The lowest BCUT2D eigenvalue weighted by atomic mass is 10.0. The number of aliphatic hydroxyl groups excluding tert-OH is 1. The minimum Gasteiger partial charge on any atom is -0.394 e. The average molecular weight is 309 g/mol. The average Bonchev–Trinajstić information content (AvgIpc) is 2.75. The summed E-state index contributed by atoms with van der Waals surface area (Å²) in [6, 6.07) is 0.607. The van der Waals surface area contributed by atoms with Crippen LogP contribution in [0.2, 0.25) is 0 Å². The van der Waals surface area contributed by atoms with E-state index in [4.69, 9.17) is 0 Å². The molecule has 1 aliphatic rings. The van der Waals surface area contributed by atoms with Gasteiger partial charge in [-0.15, -0.1) is 0 Å². The fourth-order valence-corrected chi connectivity index (χ4v) is 4.04. The molecule has 1 saturated carbocycles. The van der Waals surface area contributed by atoms with Crippen molar-refractivity contribution in [3.63, 3.8) is 0 Å². The van der Waals surface area contributed by atoms with Gasteiger partial charge in [-0.3, -0.25) is 0 Å². The van der Waals surface area contributed by atoms with Gasteiger partial charge in [-0.25, -0.2) is 26.3 Å². The molecule has 0 unspecified atom stereocenters. The second-order valence-corrected chi connectivity index (χ2v) is 6.57. The second-order valence-electron chi connectivity index (χ2n) is 4.95. The maximum Gasteiger partial charge on any atom is 0.247 e. The molecule has 0 amide bonds. The number of hydrogen-bond acceptors (Lipinski definition) is 3. The molecule has 0 atom stereocenters. The van der Waals surface area contributed by atoms with Crippen molar-refractivity contribution in [2.24, 2.45) is 0 Å². The molecule has 0 spiro atoms. The van der Waals surface area contributed by atoms with Crippen molar-refractivity contribution < 1.29 is 26.7 Å². The number of hydrogen-bond donors (Lipinski definition) is 2. The number of sulfonamides is 1. The molecule has 1 aromatic rings. The van der Waals surface area contributed by atoms with Gasteiger partial charge in [0.2, 0.25) is 10.0 Å². The van der Waals surface area contributed by atoms with Crippen molar-refractivity contribution >= 4 is 10.0 Å². The third kappa shape index (κ3) is 2.82. The van der Waals surface area contributed by atoms with Crippen LogP contribution in [0.3, 0.4) is 0 Å². The summed E-state index contributed by atoms with van der Waals surface area (Å²) < 4.78 is 66.2. The largest absolute Gasteiger partial charge is 0.394 e. The first kappa shape index (κ1) is 15.3. The lowest BCUT2D eigenvalue weighted by Gasteiger charge is -2.27. The first-order valence-corrected chi connectivity index (χ1v) is 7.57. The van der Waals surface area contributed by atoms with Crippen LogP contribution < -0.4 is 4.72 Å². The summed E-state index contributed by atoms with van der Waals surface area (Å²) in [6.45, 7) is -0.462. The summed E-state index contributed by atoms with van der Waals surface area (Å²) in [5, 5.41) is 9.34. The molecule has 0 radical (unpaired) electrons. The highest BCUT2D eigenvalue weighted by Crippen LogP contribution is 2.31.